The molecule has 10 heteroatoms. The Morgan fingerprint density at radius 2 is 0.891 bits per heavy atom. The number of hydrogen-bond donors (Lipinski definition) is 0. The zero-order valence-electron chi connectivity index (χ0n) is 36.4. The van der Waals surface area contributed by atoms with Crippen LogP contribution in [0.1, 0.15) is 49.9 Å². The van der Waals surface area contributed by atoms with Crippen molar-refractivity contribution >= 4 is 104 Å². The fourth-order valence-electron chi connectivity index (χ4n) is 10.2. The van der Waals surface area contributed by atoms with Crippen molar-refractivity contribution in [3.63, 3.8) is 0 Å². The van der Waals surface area contributed by atoms with E-state index in [2.05, 4.69) is 264 Å². The van der Waals surface area contributed by atoms with Crippen molar-refractivity contribution in [1.29, 1.82) is 0 Å². The molecule has 0 saturated heterocycles. The number of rotatable bonds is 7. The van der Waals surface area contributed by atoms with Crippen LogP contribution in [-0.4, -0.2) is 4.57 Å². The third-order valence-corrected chi connectivity index (χ3v) is 51.1. The van der Waals surface area contributed by atoms with Gasteiger partial charge in [-0.05, 0) is 120 Å². The number of hydrogen-bond acceptors (Lipinski definition) is 1. The molecule has 11 rings (SSSR count). The maximum atomic E-state index is 2.93. The largest absolute Gasteiger partial charge is 0.309 e. The third kappa shape index (κ3) is 7.60. The van der Waals surface area contributed by atoms with Crippen LogP contribution < -0.4 is 4.90 Å². The van der Waals surface area contributed by atoms with Gasteiger partial charge in [-0.3, -0.25) is 0 Å². The highest BCUT2D eigenvalue weighted by Crippen LogP contribution is 3.00. The smallest absolute Gasteiger partial charge is 0.0543 e. The molecule has 0 saturated carbocycles. The molecule has 8 aromatic carbocycles. The minimum atomic E-state index is -0.104. The van der Waals surface area contributed by atoms with E-state index in [1.54, 1.807) is 0 Å². The predicted molar refractivity (Wildman–Crippen MR) is 305 cm³/mol. The molecule has 9 aromatic rings. The summed E-state index contributed by atoms with van der Waals surface area (Å²) in [6, 6.07) is 67.4. The first-order chi connectivity index (χ1) is 30.9. The molecule has 1 heterocycles. The van der Waals surface area contributed by atoms with Gasteiger partial charge in [-0.25, -0.2) is 0 Å². The topological polar surface area (TPSA) is 8.17 Å². The summed E-state index contributed by atoms with van der Waals surface area (Å²) < 4.78 is 2.38. The van der Waals surface area contributed by atoms with Crippen LogP contribution in [0, 0.1) is 0 Å². The Kier molecular flexibility index (Phi) is 12.4. The van der Waals surface area contributed by atoms with Crippen LogP contribution in [0.25, 0.3) is 60.9 Å². The van der Waals surface area contributed by atoms with Gasteiger partial charge < -0.3 is 9.47 Å². The van der Waals surface area contributed by atoms with Gasteiger partial charge in [0.15, 0.2) is 0 Å². The van der Waals surface area contributed by atoms with Gasteiger partial charge in [-0.15, -0.1) is 44.6 Å². The lowest BCUT2D eigenvalue weighted by molar-refractivity contribution is 0.660. The predicted octanol–water partition coefficient (Wildman–Crippen LogP) is 18.7. The number of benzene rings is 8. The fourth-order valence-corrected chi connectivity index (χ4v) is 39.0. The Labute approximate surface area is 393 Å². The molecule has 2 aliphatic rings. The number of aromatic nitrogens is 1. The molecule has 5 atom stereocenters. The van der Waals surface area contributed by atoms with Crippen molar-refractivity contribution in [2.24, 2.45) is 0 Å². The quantitative estimate of drug-likeness (QED) is 0.145. The molecule has 5 unspecified atom stereocenters. The summed E-state index contributed by atoms with van der Waals surface area (Å²) in [4.78, 5) is 2.54. The van der Waals surface area contributed by atoms with E-state index in [4.69, 9.17) is 0 Å². The van der Waals surface area contributed by atoms with E-state index in [0.717, 1.165) is 5.69 Å². The second kappa shape index (κ2) is 17.8. The van der Waals surface area contributed by atoms with Crippen molar-refractivity contribution in [2.45, 2.75) is 38.5 Å². The van der Waals surface area contributed by atoms with E-state index in [1.807, 2.05) is 0 Å². The van der Waals surface area contributed by atoms with E-state index in [9.17, 15) is 0 Å². The monoisotopic (exact) mass is 976 g/mol. The highest BCUT2D eigenvalue weighted by Gasteiger charge is 2.40. The zero-order valence-corrected chi connectivity index (χ0v) is 44.9. The van der Waals surface area contributed by atoms with E-state index in [1.165, 1.54) is 94.5 Å². The highest BCUT2D eigenvalue weighted by atomic mass is 33.1. The van der Waals surface area contributed by atoms with Crippen molar-refractivity contribution in [3.05, 3.63) is 204 Å². The molecular weight excluding hydrogens is 924 g/mol. The Morgan fingerprint density at radius 3 is 1.44 bits per heavy atom. The van der Waals surface area contributed by atoms with Crippen LogP contribution in [-0.2, 0) is 10.8 Å². The van der Waals surface area contributed by atoms with Crippen molar-refractivity contribution in [2.75, 3.05) is 4.90 Å². The van der Waals surface area contributed by atoms with Gasteiger partial charge in [0.05, 0.1) is 22.4 Å². The lowest BCUT2D eigenvalue weighted by Crippen LogP contribution is -2.17. The third-order valence-electron chi connectivity index (χ3n) is 13.3. The van der Waals surface area contributed by atoms with Gasteiger partial charge in [0.25, 0.3) is 0 Å². The summed E-state index contributed by atoms with van der Waals surface area (Å²) in [5.74, 6) is 0. The van der Waals surface area contributed by atoms with Crippen LogP contribution in [0.2, 0.25) is 0 Å². The molecule has 0 N–H and O–H groups in total. The average molecular weight is 977 g/mol. The Morgan fingerprint density at radius 1 is 0.422 bits per heavy atom. The summed E-state index contributed by atoms with van der Waals surface area (Å²) in [7, 11) is 14.4. The lowest BCUT2D eigenvalue weighted by atomic mass is 9.82. The molecule has 0 spiro atoms. The molecule has 2 nitrogen and oxygen atoms in total. The molecule has 0 fully saturated rings. The first-order valence-corrected chi connectivity index (χ1v) is 35.0. The molecule has 0 amide bonds. The molecule has 2 aliphatic carbocycles. The van der Waals surface area contributed by atoms with Crippen molar-refractivity contribution in [1.82, 2.24) is 4.57 Å². The minimum absolute atomic E-state index is 0.104. The summed E-state index contributed by atoms with van der Waals surface area (Å²) in [5, 5.41) is 2.52. The number of nitrogens with zero attached hydrogens (tertiary/aromatic N) is 2. The maximum absolute atomic E-state index is 2.93. The second-order valence-electron chi connectivity index (χ2n) is 17.6. The molecule has 0 bridgehead atoms. The average Bonchev–Trinajstić information content (AvgIpc) is 3.87. The maximum Gasteiger partial charge on any atom is 0.0543 e. The van der Waals surface area contributed by atoms with Gasteiger partial charge in [0.1, 0.15) is 0 Å². The summed E-state index contributed by atoms with van der Waals surface area (Å²) >= 11 is 0. The molecule has 64 heavy (non-hydrogen) atoms. The Hall–Kier alpha value is -3.20. The Bertz CT molecular complexity index is 3100. The molecule has 0 aliphatic heterocycles. The van der Waals surface area contributed by atoms with Crippen LogP contribution in [0.5, 0.6) is 0 Å². The standard InChI is InChI=1S/C54H42N2.H10P8/c1-53(2)43-21-11-8-19-40(43)51-45(53)23-14-26-49(51)56(50-27-15-24-46-52(50)41-20-9-12-22-44(41)54(46,3)4)38-31-28-35(29-32-38)36-30-33-48-42(34-36)39-18-10-13-25-47(39)55(48)37-16-6-5-7-17-37;1-6(2)8(5)7(3)4/h5-34H,1-4H3;1-5H2. The summed E-state index contributed by atoms with van der Waals surface area (Å²) in [5.41, 5.74) is 20.1. The molecule has 1 aromatic heterocycles. The van der Waals surface area contributed by atoms with Crippen LogP contribution >= 0.6 is 65.6 Å². The summed E-state index contributed by atoms with van der Waals surface area (Å²) in [6.07, 6.45) is 0. The van der Waals surface area contributed by atoms with E-state index < -0.39 is 0 Å². The van der Waals surface area contributed by atoms with Gasteiger partial charge in [-0.2, -0.15) is 0 Å². The van der Waals surface area contributed by atoms with Crippen LogP contribution in [0.4, 0.5) is 17.1 Å². The van der Waals surface area contributed by atoms with Gasteiger partial charge in [0, 0.05) is 44.1 Å². The second-order valence-corrected chi connectivity index (χ2v) is 45.7. The molecule has 318 valence electrons. The van der Waals surface area contributed by atoms with Crippen molar-refractivity contribution in [3.8, 4) is 39.1 Å². The van der Waals surface area contributed by atoms with E-state index in [0.29, 0.717) is 0 Å². The Balaban J connectivity index is 0.000000556. The van der Waals surface area contributed by atoms with Crippen molar-refractivity contribution < 1.29 is 0 Å². The SMILES string of the molecule is CC1(C)c2ccccc2-c2c(N(c3ccc(-c4ccc5c(c4)c4ccccc4n5-c4ccccc4)cc3)c3cccc4c3-c3ccccc3C4(C)C)cccc21.PP(P)P(P)P(P)P. The van der Waals surface area contributed by atoms with Gasteiger partial charge in [0.2, 0.25) is 0 Å². The first kappa shape index (κ1) is 44.6. The zero-order chi connectivity index (χ0) is 44.5. The van der Waals surface area contributed by atoms with Gasteiger partial charge >= 0.3 is 0 Å². The number of fused-ring (bicyclic) bond motifs is 9. The van der Waals surface area contributed by atoms with Crippen LogP contribution in [0.3, 0.4) is 0 Å². The number of anilines is 3. The molecular formula is C54H52N2P8. The number of para-hydroxylation sites is 2. The fraction of sp³-hybridized carbons (Fsp3) is 0.111. The lowest BCUT2D eigenvalue weighted by Gasteiger charge is -2.31. The molecule has 0 radical (unpaired) electrons. The highest BCUT2D eigenvalue weighted by molar-refractivity contribution is 9.06. The summed E-state index contributed by atoms with van der Waals surface area (Å²) in [6.45, 7) is 9.97. The van der Waals surface area contributed by atoms with Gasteiger partial charge in [-0.1, -0.05) is 155 Å². The van der Waals surface area contributed by atoms with Crippen LogP contribution in [0.15, 0.2) is 182 Å². The first-order valence-electron chi connectivity index (χ1n) is 21.5. The normalized spacial score (nSPS) is 14.1. The van der Waals surface area contributed by atoms with E-state index in [-0.39, 0.29) is 31.8 Å². The van der Waals surface area contributed by atoms with E-state index >= 15 is 0 Å². The minimum Gasteiger partial charge on any atom is -0.309 e.